The fourth-order valence-electron chi connectivity index (χ4n) is 3.04. The Labute approximate surface area is 221 Å². The molecule has 0 saturated heterocycles. The highest BCUT2D eigenvalue weighted by atomic mass is 127. The lowest BCUT2D eigenvalue weighted by molar-refractivity contribution is -0.138. The van der Waals surface area contributed by atoms with Gasteiger partial charge in [-0.05, 0) is 77.4 Å². The van der Waals surface area contributed by atoms with Crippen LogP contribution in [0.1, 0.15) is 24.8 Å². The van der Waals surface area contributed by atoms with Crippen LogP contribution >= 0.6 is 34.2 Å². The van der Waals surface area contributed by atoms with Gasteiger partial charge < -0.3 is 21.3 Å². The maximum absolute atomic E-state index is 13.0. The van der Waals surface area contributed by atoms with Crippen LogP contribution in [0.2, 0.25) is 5.02 Å². The zero-order valence-electron chi connectivity index (χ0n) is 18.7. The molecule has 0 aliphatic carbocycles. The van der Waals surface area contributed by atoms with Crippen molar-refractivity contribution in [3.05, 3.63) is 62.7 Å². The Morgan fingerprint density at radius 1 is 1.20 bits per heavy atom. The molecule has 0 saturated carbocycles. The van der Waals surface area contributed by atoms with E-state index in [1.165, 1.54) is 0 Å². The molecule has 2 aromatic rings. The number of amides is 1. The molecule has 2 aromatic carbocycles. The second kappa shape index (κ2) is 14.0. The predicted molar refractivity (Wildman–Crippen MR) is 140 cm³/mol. The number of carbonyl (C=O) groups excluding carboxylic acids is 2. The summed E-state index contributed by atoms with van der Waals surface area (Å²) in [5.41, 5.74) is 11.9. The highest BCUT2D eigenvalue weighted by Crippen LogP contribution is 2.17. The highest BCUT2D eigenvalue weighted by molar-refractivity contribution is 14.1. The average Bonchev–Trinajstić information content (AvgIpc) is 2.80. The first-order valence-electron chi connectivity index (χ1n) is 10.6. The van der Waals surface area contributed by atoms with Gasteiger partial charge in [0, 0.05) is 21.7 Å². The van der Waals surface area contributed by atoms with Crippen molar-refractivity contribution in [3.63, 3.8) is 0 Å². The molecule has 10 nitrogen and oxygen atoms in total. The number of aliphatic carboxylic acids is 1. The maximum Gasteiger partial charge on any atom is 0.320 e. The van der Waals surface area contributed by atoms with Gasteiger partial charge in [0.05, 0.1) is 6.42 Å². The molecule has 35 heavy (non-hydrogen) atoms. The number of carbonyl (C=O) groups is 3. The van der Waals surface area contributed by atoms with Crippen molar-refractivity contribution in [1.29, 1.82) is 5.41 Å². The number of halogens is 2. The van der Waals surface area contributed by atoms with Crippen molar-refractivity contribution in [2.75, 3.05) is 6.54 Å². The van der Waals surface area contributed by atoms with Crippen LogP contribution in [0.15, 0.2) is 48.5 Å². The predicted octanol–water partition coefficient (Wildman–Crippen LogP) is 2.31. The Morgan fingerprint density at radius 2 is 1.89 bits per heavy atom. The molecule has 1 amide bonds. The van der Waals surface area contributed by atoms with E-state index in [1.54, 1.807) is 24.3 Å². The molecule has 0 fully saturated rings. The lowest BCUT2D eigenvalue weighted by Gasteiger charge is -2.23. The summed E-state index contributed by atoms with van der Waals surface area (Å²) < 4.78 is 6.83. The lowest BCUT2D eigenvalue weighted by atomic mass is 10.1. The number of hydrogen-bond acceptors (Lipinski definition) is 7. The molecule has 0 radical (unpaired) electrons. The second-order valence-electron chi connectivity index (χ2n) is 7.62. The minimum Gasteiger partial charge on any atom is -0.480 e. The molecule has 0 aliphatic rings. The van der Waals surface area contributed by atoms with Crippen LogP contribution in [0.5, 0.6) is 5.75 Å². The summed E-state index contributed by atoms with van der Waals surface area (Å²) in [5, 5.41) is 20.1. The maximum atomic E-state index is 13.0. The Kier molecular flexibility index (Phi) is 11.4. The van der Waals surface area contributed by atoms with Crippen molar-refractivity contribution in [2.24, 2.45) is 11.5 Å². The first-order chi connectivity index (χ1) is 16.6. The molecular formula is C23H27ClIN5O5. The van der Waals surface area contributed by atoms with E-state index < -0.39 is 42.3 Å². The van der Waals surface area contributed by atoms with Crippen LogP contribution < -0.4 is 21.5 Å². The van der Waals surface area contributed by atoms with E-state index in [0.717, 1.165) is 14.0 Å². The van der Waals surface area contributed by atoms with E-state index in [0.29, 0.717) is 17.3 Å². The minimum absolute atomic E-state index is 0.0407. The Morgan fingerprint density at radius 3 is 2.49 bits per heavy atom. The molecule has 188 valence electrons. The van der Waals surface area contributed by atoms with E-state index in [9.17, 15) is 14.4 Å². The normalized spacial score (nSPS) is 12.4. The van der Waals surface area contributed by atoms with Gasteiger partial charge >= 0.3 is 5.97 Å². The molecule has 0 bridgehead atoms. The van der Waals surface area contributed by atoms with Gasteiger partial charge in [-0.25, -0.2) is 0 Å². The van der Waals surface area contributed by atoms with Gasteiger partial charge in [-0.3, -0.25) is 30.0 Å². The van der Waals surface area contributed by atoms with Crippen LogP contribution in [0.3, 0.4) is 0 Å². The first kappa shape index (κ1) is 28.5. The van der Waals surface area contributed by atoms with Gasteiger partial charge in [0.15, 0.2) is 11.7 Å². The zero-order valence-corrected chi connectivity index (χ0v) is 21.7. The summed E-state index contributed by atoms with van der Waals surface area (Å²) in [5.74, 6) is -2.60. The average molecular weight is 616 g/mol. The summed E-state index contributed by atoms with van der Waals surface area (Å²) in [7, 11) is 0. The van der Waals surface area contributed by atoms with Crippen LogP contribution in [-0.2, 0) is 20.9 Å². The molecule has 0 aromatic heterocycles. The topological polar surface area (TPSA) is 172 Å². The number of hydrogen-bond donors (Lipinski definition) is 5. The number of nitrogens with two attached hydrogens (primary N) is 2. The minimum atomic E-state index is -1.16. The van der Waals surface area contributed by atoms with Crippen LogP contribution in [0.4, 0.5) is 0 Å². The smallest absolute Gasteiger partial charge is 0.320 e. The number of rotatable bonds is 13. The summed E-state index contributed by atoms with van der Waals surface area (Å²) in [4.78, 5) is 37.6. The number of carboxylic acid groups (broad SMARTS) is 1. The molecule has 7 N–H and O–H groups in total. The third-order valence-corrected chi connectivity index (χ3v) is 5.79. The number of guanidine groups is 1. The number of carboxylic acids is 1. The second-order valence-corrected chi connectivity index (χ2v) is 9.31. The Bertz CT molecular complexity index is 1050. The standard InChI is InChI=1S/C23H27ClIN5O5/c24-15-6-8-17(9-7-15)35-21(29-13-14-3-1-4-16(25)11-14)19(31)12-20(32)30(23(27)28)10-2-5-18(26)22(33)34/h1,3-4,6-9,11,18,21,29H,2,5,10,12-13,26H2,(H3,27,28)(H,33,34). The van der Waals surface area contributed by atoms with Crippen LogP contribution in [0, 0.1) is 8.98 Å². The summed E-state index contributed by atoms with van der Waals surface area (Å²) >= 11 is 8.10. The van der Waals surface area contributed by atoms with E-state index >= 15 is 0 Å². The molecule has 12 heteroatoms. The third kappa shape index (κ3) is 9.80. The number of Topliss-reactive ketones (excluding diaryl/α,β-unsaturated/α-hetero) is 1. The quantitative estimate of drug-likeness (QED) is 0.0751. The highest BCUT2D eigenvalue weighted by Gasteiger charge is 2.27. The van der Waals surface area contributed by atoms with Crippen molar-refractivity contribution in [2.45, 2.75) is 38.1 Å². The molecular weight excluding hydrogens is 589 g/mol. The number of nitrogens with zero attached hydrogens (tertiary/aromatic N) is 1. The van der Waals surface area contributed by atoms with Gasteiger partial charge in [0.2, 0.25) is 12.1 Å². The largest absolute Gasteiger partial charge is 0.480 e. The van der Waals surface area contributed by atoms with Crippen LogP contribution in [0.25, 0.3) is 0 Å². The van der Waals surface area contributed by atoms with Crippen molar-refractivity contribution < 1.29 is 24.2 Å². The molecule has 2 atom stereocenters. The fourth-order valence-corrected chi connectivity index (χ4v) is 3.77. The van der Waals surface area contributed by atoms with Gasteiger partial charge in [0.25, 0.3) is 0 Å². The number of ether oxygens (including phenoxy) is 1. The fraction of sp³-hybridized carbons (Fsp3) is 0.304. The van der Waals surface area contributed by atoms with Crippen molar-refractivity contribution >= 4 is 57.8 Å². The summed E-state index contributed by atoms with van der Waals surface area (Å²) in [6.07, 6.45) is -1.46. The van der Waals surface area contributed by atoms with Gasteiger partial charge in [-0.15, -0.1) is 0 Å². The van der Waals surface area contributed by atoms with Crippen LogP contribution in [-0.4, -0.2) is 52.4 Å². The third-order valence-electron chi connectivity index (χ3n) is 4.87. The Balaban J connectivity index is 2.09. The van der Waals surface area contributed by atoms with Gasteiger partial charge in [-0.1, -0.05) is 23.7 Å². The lowest BCUT2D eigenvalue weighted by Crippen LogP contribution is -2.47. The molecule has 0 spiro atoms. The number of nitrogens with one attached hydrogen (secondary N) is 2. The summed E-state index contributed by atoms with van der Waals surface area (Å²) in [6.45, 7) is 0.263. The van der Waals surface area contributed by atoms with Gasteiger partial charge in [0.1, 0.15) is 11.8 Å². The zero-order chi connectivity index (χ0) is 26.0. The van der Waals surface area contributed by atoms with Crippen molar-refractivity contribution in [1.82, 2.24) is 10.2 Å². The monoisotopic (exact) mass is 615 g/mol. The molecule has 2 rings (SSSR count). The van der Waals surface area contributed by atoms with Crippen molar-refractivity contribution in [3.8, 4) is 5.75 Å². The number of benzene rings is 2. The Hall–Kier alpha value is -2.74. The summed E-state index contributed by atoms with van der Waals surface area (Å²) in [6, 6.07) is 13.0. The molecule has 2 unspecified atom stereocenters. The van der Waals surface area contributed by atoms with E-state index in [4.69, 9.17) is 38.3 Å². The van der Waals surface area contributed by atoms with E-state index in [2.05, 4.69) is 27.9 Å². The molecule has 0 aliphatic heterocycles. The first-order valence-corrected chi connectivity index (χ1v) is 12.1. The van der Waals surface area contributed by atoms with E-state index in [1.807, 2.05) is 24.3 Å². The SMILES string of the molecule is N=C(N)N(CCCC(N)C(=O)O)C(=O)CC(=O)C(NCc1cccc(I)c1)Oc1ccc(Cl)cc1. The van der Waals surface area contributed by atoms with E-state index in [-0.39, 0.29) is 19.4 Å². The number of ketones is 1. The van der Waals surface area contributed by atoms with Gasteiger partial charge in [-0.2, -0.15) is 0 Å². The molecule has 0 heterocycles.